The zero-order valence-electron chi connectivity index (χ0n) is 21.3. The Morgan fingerprint density at radius 1 is 1.11 bits per heavy atom. The molecule has 0 aliphatic rings. The van der Waals surface area contributed by atoms with Gasteiger partial charge in [-0.3, -0.25) is 18.7 Å². The number of hydrogen-bond acceptors (Lipinski definition) is 7. The van der Waals surface area contributed by atoms with Crippen LogP contribution in [0.2, 0.25) is 0 Å². The molecule has 0 saturated heterocycles. The van der Waals surface area contributed by atoms with E-state index in [2.05, 4.69) is 18.4 Å². The predicted octanol–water partition coefficient (Wildman–Crippen LogP) is 2.19. The lowest BCUT2D eigenvalue weighted by atomic mass is 10.1. The van der Waals surface area contributed by atoms with Crippen LogP contribution in [0.5, 0.6) is 0 Å². The Morgan fingerprint density at radius 2 is 1.69 bits per heavy atom. The summed E-state index contributed by atoms with van der Waals surface area (Å²) >= 11 is 0. The van der Waals surface area contributed by atoms with Gasteiger partial charge in [0.15, 0.2) is 6.61 Å². The molecule has 2 N–H and O–H groups in total. The zero-order valence-corrected chi connectivity index (χ0v) is 21.3. The Morgan fingerprint density at radius 3 is 2.23 bits per heavy atom. The summed E-state index contributed by atoms with van der Waals surface area (Å²) in [4.78, 5) is 50.3. The number of ether oxygens (including phenoxy) is 1. The van der Waals surface area contributed by atoms with Crippen LogP contribution >= 0.6 is 0 Å². The third-order valence-corrected chi connectivity index (χ3v) is 5.54. The van der Waals surface area contributed by atoms with Crippen molar-refractivity contribution in [3.63, 3.8) is 0 Å². The summed E-state index contributed by atoms with van der Waals surface area (Å²) in [7, 11) is 1.25. The van der Waals surface area contributed by atoms with Crippen LogP contribution < -0.4 is 17.0 Å². The first-order valence-corrected chi connectivity index (χ1v) is 11.4. The summed E-state index contributed by atoms with van der Waals surface area (Å²) in [5, 5.41) is 9.51. The number of anilines is 1. The number of carbonyl (C=O) groups is 2. The number of aryl methyl sites for hydroxylation is 1. The molecule has 188 valence electrons. The van der Waals surface area contributed by atoms with E-state index in [-0.39, 0.29) is 23.9 Å². The van der Waals surface area contributed by atoms with Crippen molar-refractivity contribution in [3.05, 3.63) is 55.0 Å². The Hall–Kier alpha value is -3.87. The molecule has 0 fully saturated rings. The summed E-state index contributed by atoms with van der Waals surface area (Å²) in [6.07, 6.45) is 1.42. The first-order valence-electron chi connectivity index (χ1n) is 11.4. The second-order valence-electron chi connectivity index (χ2n) is 9.41. The van der Waals surface area contributed by atoms with Gasteiger partial charge in [-0.15, -0.1) is 0 Å². The number of hydrogen-bond donors (Lipinski definition) is 1. The molecule has 0 aromatic carbocycles. The molecule has 0 spiro atoms. The highest BCUT2D eigenvalue weighted by Gasteiger charge is 2.24. The van der Waals surface area contributed by atoms with Crippen molar-refractivity contribution in [2.75, 3.05) is 12.3 Å². The quantitative estimate of drug-likeness (QED) is 0.249. The largest absolute Gasteiger partial charge is 0.453 e. The minimum atomic E-state index is -1.000. The van der Waals surface area contributed by atoms with Crippen molar-refractivity contribution < 1.29 is 14.3 Å². The number of esters is 1. The van der Waals surface area contributed by atoms with E-state index in [9.17, 15) is 24.4 Å². The van der Waals surface area contributed by atoms with Gasteiger partial charge in [0.25, 0.3) is 5.56 Å². The van der Waals surface area contributed by atoms with Gasteiger partial charge in [-0.05, 0) is 43.4 Å². The van der Waals surface area contributed by atoms with E-state index in [0.717, 1.165) is 27.1 Å². The summed E-state index contributed by atoms with van der Waals surface area (Å²) in [6.45, 7) is 11.9. The van der Waals surface area contributed by atoms with E-state index < -0.39 is 35.2 Å². The molecule has 0 radical (unpaired) electrons. The second kappa shape index (κ2) is 11.0. The minimum absolute atomic E-state index is 0.0269. The highest BCUT2D eigenvalue weighted by atomic mass is 16.5. The van der Waals surface area contributed by atoms with Crippen molar-refractivity contribution in [3.8, 4) is 6.07 Å². The fraction of sp³-hybridized carbons (Fsp3) is 0.480. The van der Waals surface area contributed by atoms with Crippen molar-refractivity contribution in [1.82, 2.24) is 13.7 Å². The van der Waals surface area contributed by atoms with Gasteiger partial charge in [0.1, 0.15) is 23.0 Å². The molecule has 0 atom stereocenters. The van der Waals surface area contributed by atoms with Gasteiger partial charge in [-0.2, -0.15) is 5.26 Å². The smallest absolute Gasteiger partial charge is 0.349 e. The molecule has 35 heavy (non-hydrogen) atoms. The molecular weight excluding hydrogens is 450 g/mol. The average molecular weight is 484 g/mol. The highest BCUT2D eigenvalue weighted by Crippen LogP contribution is 2.20. The number of nitrogens with zero attached hydrogens (tertiary/aromatic N) is 4. The van der Waals surface area contributed by atoms with Crippen LogP contribution in [0.25, 0.3) is 6.08 Å². The van der Waals surface area contributed by atoms with Gasteiger partial charge in [0, 0.05) is 31.5 Å². The predicted molar refractivity (Wildman–Crippen MR) is 133 cm³/mol. The van der Waals surface area contributed by atoms with E-state index in [1.807, 2.05) is 39.8 Å². The van der Waals surface area contributed by atoms with Gasteiger partial charge in [0.2, 0.25) is 5.78 Å². The molecule has 0 aliphatic heterocycles. The van der Waals surface area contributed by atoms with Gasteiger partial charge in [-0.25, -0.2) is 9.59 Å². The number of nitrogen functional groups attached to an aromatic ring is 1. The van der Waals surface area contributed by atoms with Crippen LogP contribution in [-0.2, 0) is 29.7 Å². The third-order valence-electron chi connectivity index (χ3n) is 5.54. The normalized spacial score (nSPS) is 11.7. The van der Waals surface area contributed by atoms with Crippen LogP contribution in [0.15, 0.2) is 21.2 Å². The molecule has 2 aromatic heterocycles. The Labute approximate surface area is 204 Å². The lowest BCUT2D eigenvalue weighted by molar-refractivity contribution is -0.137. The van der Waals surface area contributed by atoms with Crippen LogP contribution in [0.4, 0.5) is 5.82 Å². The molecule has 0 bridgehead atoms. The summed E-state index contributed by atoms with van der Waals surface area (Å²) < 4.78 is 9.09. The number of ketones is 1. The maximum Gasteiger partial charge on any atom is 0.349 e. The summed E-state index contributed by atoms with van der Waals surface area (Å²) in [5.74, 6) is -1.69. The summed E-state index contributed by atoms with van der Waals surface area (Å²) in [6, 6.07) is 3.68. The van der Waals surface area contributed by atoms with E-state index in [1.165, 1.54) is 13.1 Å². The molecule has 2 heterocycles. The maximum absolute atomic E-state index is 12.8. The van der Waals surface area contributed by atoms with Crippen molar-refractivity contribution in [1.29, 1.82) is 5.26 Å². The monoisotopic (exact) mass is 483 g/mol. The van der Waals surface area contributed by atoms with Crippen molar-refractivity contribution in [2.45, 2.75) is 54.6 Å². The molecule has 0 unspecified atom stereocenters. The molecule has 10 heteroatoms. The highest BCUT2D eigenvalue weighted by molar-refractivity contribution is 6.03. The molecular formula is C25H33N5O5. The van der Waals surface area contributed by atoms with E-state index >= 15 is 0 Å². The lowest BCUT2D eigenvalue weighted by Crippen LogP contribution is -2.43. The van der Waals surface area contributed by atoms with Gasteiger partial charge in [-0.1, -0.05) is 27.7 Å². The Balaban J connectivity index is 2.30. The molecule has 2 aromatic rings. The van der Waals surface area contributed by atoms with Crippen LogP contribution in [0.3, 0.4) is 0 Å². The van der Waals surface area contributed by atoms with Crippen LogP contribution in [-0.4, -0.2) is 32.1 Å². The second-order valence-corrected chi connectivity index (χ2v) is 9.41. The molecule has 0 saturated carbocycles. The number of nitrogens with two attached hydrogens (primary N) is 1. The van der Waals surface area contributed by atoms with E-state index in [0.29, 0.717) is 11.5 Å². The molecule has 10 nitrogen and oxygen atoms in total. The molecule has 0 amide bonds. The van der Waals surface area contributed by atoms with Gasteiger partial charge in [0.05, 0.1) is 0 Å². The molecule has 2 rings (SSSR count). The lowest BCUT2D eigenvalue weighted by Gasteiger charge is -2.16. The van der Waals surface area contributed by atoms with E-state index in [1.54, 1.807) is 0 Å². The van der Waals surface area contributed by atoms with Crippen molar-refractivity contribution >= 4 is 23.6 Å². The van der Waals surface area contributed by atoms with Gasteiger partial charge >= 0.3 is 11.7 Å². The number of Topliss-reactive ketones (excluding diaryl/α,β-unsaturated/α-hetero) is 1. The minimum Gasteiger partial charge on any atom is -0.453 e. The first-order chi connectivity index (χ1) is 16.3. The van der Waals surface area contributed by atoms with Crippen molar-refractivity contribution in [2.24, 2.45) is 18.9 Å². The number of carbonyl (C=O) groups excluding carboxylic acids is 2. The zero-order chi connectivity index (χ0) is 26.6. The fourth-order valence-corrected chi connectivity index (χ4v) is 3.78. The van der Waals surface area contributed by atoms with Crippen LogP contribution in [0, 0.1) is 37.0 Å². The van der Waals surface area contributed by atoms with E-state index in [4.69, 9.17) is 10.5 Å². The number of aromatic nitrogens is 3. The fourth-order valence-electron chi connectivity index (χ4n) is 3.78. The van der Waals surface area contributed by atoms with Gasteiger partial charge < -0.3 is 15.0 Å². The maximum atomic E-state index is 12.8. The Kier molecular flexibility index (Phi) is 8.63. The third kappa shape index (κ3) is 5.98. The summed E-state index contributed by atoms with van der Waals surface area (Å²) in [5.41, 5.74) is 6.35. The average Bonchev–Trinajstić information content (AvgIpc) is 3.04. The number of rotatable bonds is 9. The first kappa shape index (κ1) is 27.4. The SMILES string of the molecule is Cc1cc(/C=C(/C#N)C(=O)OCC(=O)c2c(N)n(CC(C)C)c(=O)n(C)c2=O)c(C)n1CC(C)C. The Bertz CT molecular complexity index is 1330. The molecule has 0 aliphatic carbocycles. The standard InChI is InChI=1S/C25H33N5O5/c1-14(2)11-29-16(5)8-18(17(29)6)9-19(10-26)24(33)35-13-20(31)21-22(27)30(12-15(3)4)25(34)28(7)23(21)32/h8-9,14-15H,11-13,27H2,1-7H3/b19-9-. The number of nitriles is 1. The topological polar surface area (TPSA) is 142 Å². The van der Waals surface area contributed by atoms with Crippen LogP contribution in [0.1, 0.15) is 55.0 Å².